The Kier molecular flexibility index (Phi) is 3.85. The van der Waals surface area contributed by atoms with Gasteiger partial charge in [-0.15, -0.1) is 11.3 Å². The van der Waals surface area contributed by atoms with Gasteiger partial charge in [0, 0.05) is 4.88 Å². The molecule has 0 bridgehead atoms. The standard InChI is InChI=1S/C11H16ClNS/c12-11-5-4-10(14-11)6-7-13-8-9-2-1-3-9/h4-5,9,13H,1-3,6-8H2. The normalized spacial score (nSPS) is 16.9. The van der Waals surface area contributed by atoms with E-state index in [1.807, 2.05) is 6.07 Å². The van der Waals surface area contributed by atoms with Crippen LogP contribution in [0.1, 0.15) is 24.1 Å². The van der Waals surface area contributed by atoms with E-state index in [0.717, 1.165) is 23.2 Å². The zero-order valence-corrected chi connectivity index (χ0v) is 9.83. The lowest BCUT2D eigenvalue weighted by Crippen LogP contribution is -2.28. The van der Waals surface area contributed by atoms with Gasteiger partial charge in [-0.3, -0.25) is 0 Å². The zero-order chi connectivity index (χ0) is 9.80. The molecule has 2 rings (SSSR count). The molecule has 1 N–H and O–H groups in total. The zero-order valence-electron chi connectivity index (χ0n) is 8.26. The molecule has 1 aliphatic carbocycles. The first-order valence-corrected chi connectivity index (χ1v) is 6.49. The number of halogens is 1. The number of rotatable bonds is 5. The van der Waals surface area contributed by atoms with E-state index in [9.17, 15) is 0 Å². The van der Waals surface area contributed by atoms with Gasteiger partial charge in [0.05, 0.1) is 4.34 Å². The van der Waals surface area contributed by atoms with Crippen molar-refractivity contribution >= 4 is 22.9 Å². The Morgan fingerprint density at radius 1 is 1.43 bits per heavy atom. The molecule has 1 aromatic rings. The Hall–Kier alpha value is -0.0500. The van der Waals surface area contributed by atoms with Gasteiger partial charge in [0.1, 0.15) is 0 Å². The molecule has 0 spiro atoms. The van der Waals surface area contributed by atoms with Crippen LogP contribution in [0.4, 0.5) is 0 Å². The lowest BCUT2D eigenvalue weighted by Gasteiger charge is -2.25. The maximum Gasteiger partial charge on any atom is 0.0931 e. The van der Waals surface area contributed by atoms with Crippen molar-refractivity contribution in [1.82, 2.24) is 5.32 Å². The van der Waals surface area contributed by atoms with E-state index in [-0.39, 0.29) is 0 Å². The summed E-state index contributed by atoms with van der Waals surface area (Å²) in [6, 6.07) is 4.10. The second kappa shape index (κ2) is 5.15. The molecule has 0 saturated heterocycles. The Labute approximate surface area is 94.5 Å². The van der Waals surface area contributed by atoms with Gasteiger partial charge in [-0.05, 0) is 50.4 Å². The molecule has 0 aromatic carbocycles. The van der Waals surface area contributed by atoms with Crippen molar-refractivity contribution in [3.63, 3.8) is 0 Å². The van der Waals surface area contributed by atoms with Crippen LogP contribution >= 0.6 is 22.9 Å². The monoisotopic (exact) mass is 229 g/mol. The van der Waals surface area contributed by atoms with Crippen molar-refractivity contribution in [2.75, 3.05) is 13.1 Å². The summed E-state index contributed by atoms with van der Waals surface area (Å²) in [6.07, 6.45) is 5.41. The van der Waals surface area contributed by atoms with Gasteiger partial charge in [-0.25, -0.2) is 0 Å². The van der Waals surface area contributed by atoms with Crippen molar-refractivity contribution in [3.8, 4) is 0 Å². The summed E-state index contributed by atoms with van der Waals surface area (Å²) in [5, 5.41) is 3.51. The number of nitrogens with one attached hydrogen (secondary N) is 1. The summed E-state index contributed by atoms with van der Waals surface area (Å²) in [5.41, 5.74) is 0. The first-order valence-electron chi connectivity index (χ1n) is 5.29. The molecule has 0 atom stereocenters. The van der Waals surface area contributed by atoms with Gasteiger partial charge in [0.2, 0.25) is 0 Å². The molecule has 0 unspecified atom stereocenters. The molecule has 78 valence electrons. The highest BCUT2D eigenvalue weighted by atomic mass is 35.5. The molecule has 1 saturated carbocycles. The van der Waals surface area contributed by atoms with Crippen LogP contribution < -0.4 is 5.32 Å². The summed E-state index contributed by atoms with van der Waals surface area (Å²) in [5.74, 6) is 0.960. The van der Waals surface area contributed by atoms with E-state index in [1.54, 1.807) is 11.3 Å². The minimum Gasteiger partial charge on any atom is -0.316 e. The van der Waals surface area contributed by atoms with Crippen LogP contribution in [0, 0.1) is 5.92 Å². The second-order valence-electron chi connectivity index (χ2n) is 3.96. The van der Waals surface area contributed by atoms with Gasteiger partial charge in [0.25, 0.3) is 0 Å². The lowest BCUT2D eigenvalue weighted by atomic mass is 9.85. The Bertz CT molecular complexity index is 281. The van der Waals surface area contributed by atoms with E-state index < -0.39 is 0 Å². The second-order valence-corrected chi connectivity index (χ2v) is 5.76. The molecular formula is C11H16ClNS. The van der Waals surface area contributed by atoms with E-state index in [1.165, 1.54) is 30.7 Å². The number of hydrogen-bond donors (Lipinski definition) is 1. The fourth-order valence-electron chi connectivity index (χ4n) is 1.70. The van der Waals surface area contributed by atoms with Gasteiger partial charge in [-0.2, -0.15) is 0 Å². The van der Waals surface area contributed by atoms with E-state index in [4.69, 9.17) is 11.6 Å². The smallest absolute Gasteiger partial charge is 0.0931 e. The molecule has 0 aliphatic heterocycles. The summed E-state index contributed by atoms with van der Waals surface area (Å²) in [4.78, 5) is 1.39. The van der Waals surface area contributed by atoms with Crippen LogP contribution in [0.25, 0.3) is 0 Å². The van der Waals surface area contributed by atoms with Crippen molar-refractivity contribution in [1.29, 1.82) is 0 Å². The molecule has 1 aliphatic rings. The Morgan fingerprint density at radius 3 is 2.86 bits per heavy atom. The third-order valence-corrected chi connectivity index (χ3v) is 4.13. The number of hydrogen-bond acceptors (Lipinski definition) is 2. The van der Waals surface area contributed by atoms with Crippen molar-refractivity contribution in [3.05, 3.63) is 21.3 Å². The molecule has 1 aromatic heterocycles. The first-order chi connectivity index (χ1) is 6.84. The molecule has 0 radical (unpaired) electrons. The largest absolute Gasteiger partial charge is 0.316 e. The van der Waals surface area contributed by atoms with Crippen LogP contribution in [-0.2, 0) is 6.42 Å². The minimum atomic E-state index is 0.902. The van der Waals surface area contributed by atoms with Crippen molar-refractivity contribution in [2.45, 2.75) is 25.7 Å². The minimum absolute atomic E-state index is 0.902. The van der Waals surface area contributed by atoms with Crippen LogP contribution in [0.3, 0.4) is 0 Å². The van der Waals surface area contributed by atoms with Gasteiger partial charge in [-0.1, -0.05) is 18.0 Å². The van der Waals surface area contributed by atoms with E-state index >= 15 is 0 Å². The fourth-order valence-corrected chi connectivity index (χ4v) is 2.79. The van der Waals surface area contributed by atoms with Gasteiger partial charge >= 0.3 is 0 Å². The summed E-state index contributed by atoms with van der Waals surface area (Å²) in [6.45, 7) is 2.30. The first kappa shape index (κ1) is 10.5. The fraction of sp³-hybridized carbons (Fsp3) is 0.636. The lowest BCUT2D eigenvalue weighted by molar-refractivity contribution is 0.303. The maximum absolute atomic E-state index is 5.85. The predicted octanol–water partition coefficient (Wildman–Crippen LogP) is 3.33. The molecule has 0 amide bonds. The molecular weight excluding hydrogens is 214 g/mol. The maximum atomic E-state index is 5.85. The molecule has 14 heavy (non-hydrogen) atoms. The Morgan fingerprint density at radius 2 is 2.29 bits per heavy atom. The average Bonchev–Trinajstić information content (AvgIpc) is 2.48. The third-order valence-electron chi connectivity index (χ3n) is 2.83. The summed E-state index contributed by atoms with van der Waals surface area (Å²) < 4.78 is 0.902. The molecule has 1 fully saturated rings. The van der Waals surface area contributed by atoms with E-state index in [2.05, 4.69) is 11.4 Å². The average molecular weight is 230 g/mol. The van der Waals surface area contributed by atoms with E-state index in [0.29, 0.717) is 0 Å². The molecule has 1 nitrogen and oxygen atoms in total. The topological polar surface area (TPSA) is 12.0 Å². The van der Waals surface area contributed by atoms with Crippen molar-refractivity contribution < 1.29 is 0 Å². The highest BCUT2D eigenvalue weighted by Gasteiger charge is 2.15. The summed E-state index contributed by atoms with van der Waals surface area (Å²) >= 11 is 7.55. The van der Waals surface area contributed by atoms with Crippen LogP contribution in [-0.4, -0.2) is 13.1 Å². The van der Waals surface area contributed by atoms with Gasteiger partial charge < -0.3 is 5.32 Å². The SMILES string of the molecule is Clc1ccc(CCNCC2CCC2)s1. The van der Waals surface area contributed by atoms with Gasteiger partial charge in [0.15, 0.2) is 0 Å². The van der Waals surface area contributed by atoms with Crippen LogP contribution in [0.5, 0.6) is 0 Å². The highest BCUT2D eigenvalue weighted by Crippen LogP contribution is 2.25. The van der Waals surface area contributed by atoms with Crippen molar-refractivity contribution in [2.24, 2.45) is 5.92 Å². The highest BCUT2D eigenvalue weighted by molar-refractivity contribution is 7.16. The van der Waals surface area contributed by atoms with Crippen LogP contribution in [0.15, 0.2) is 12.1 Å². The number of thiophene rings is 1. The molecule has 1 heterocycles. The quantitative estimate of drug-likeness (QED) is 0.764. The molecule has 3 heteroatoms. The summed E-state index contributed by atoms with van der Waals surface area (Å²) in [7, 11) is 0. The predicted molar refractivity (Wildman–Crippen MR) is 63.2 cm³/mol. The third kappa shape index (κ3) is 2.97. The Balaban J connectivity index is 1.58. The van der Waals surface area contributed by atoms with Crippen LogP contribution in [0.2, 0.25) is 4.34 Å².